The smallest absolute Gasteiger partial charge is 0.0585 e. The quantitative estimate of drug-likeness (QED) is 0.572. The Labute approximate surface area is 91.6 Å². The van der Waals surface area contributed by atoms with Crippen molar-refractivity contribution in [1.29, 1.82) is 0 Å². The summed E-state index contributed by atoms with van der Waals surface area (Å²) in [6.07, 6.45) is 1.02. The van der Waals surface area contributed by atoms with E-state index in [1.54, 1.807) is 7.11 Å². The number of methoxy groups -OCH3 is 1. The minimum Gasteiger partial charge on any atom is -0.395 e. The SMILES string of the molecule is COCCSCCC(CO)NC(C)C. The normalized spacial score (nSPS) is 13.5. The van der Waals surface area contributed by atoms with E-state index in [0.717, 1.165) is 24.5 Å². The molecule has 3 nitrogen and oxygen atoms in total. The molecule has 1 atom stereocenters. The maximum absolute atomic E-state index is 9.08. The lowest BCUT2D eigenvalue weighted by Gasteiger charge is -2.18. The molecule has 0 spiro atoms. The van der Waals surface area contributed by atoms with Crippen molar-refractivity contribution < 1.29 is 9.84 Å². The molecular weight excluding hydrogens is 198 g/mol. The predicted molar refractivity (Wildman–Crippen MR) is 63.0 cm³/mol. The number of aliphatic hydroxyl groups is 1. The Balaban J connectivity index is 3.33. The van der Waals surface area contributed by atoms with E-state index >= 15 is 0 Å². The average Bonchev–Trinajstić information content (AvgIpc) is 2.15. The highest BCUT2D eigenvalue weighted by atomic mass is 32.2. The van der Waals surface area contributed by atoms with Crippen LogP contribution in [0.4, 0.5) is 0 Å². The fourth-order valence-corrected chi connectivity index (χ4v) is 2.11. The number of rotatable bonds is 9. The van der Waals surface area contributed by atoms with E-state index in [4.69, 9.17) is 9.84 Å². The molecule has 0 heterocycles. The minimum atomic E-state index is 0.225. The molecule has 0 rings (SSSR count). The standard InChI is InChI=1S/C10H23NO2S/c1-9(2)11-10(8-12)4-6-14-7-5-13-3/h9-12H,4-8H2,1-3H3. The van der Waals surface area contributed by atoms with Crippen molar-refractivity contribution in [3.8, 4) is 0 Å². The number of nitrogens with one attached hydrogen (secondary N) is 1. The van der Waals surface area contributed by atoms with Gasteiger partial charge < -0.3 is 15.2 Å². The Morgan fingerprint density at radius 2 is 2.07 bits per heavy atom. The number of hydrogen-bond acceptors (Lipinski definition) is 4. The molecule has 0 aromatic rings. The van der Waals surface area contributed by atoms with Gasteiger partial charge in [0.05, 0.1) is 13.2 Å². The summed E-state index contributed by atoms with van der Waals surface area (Å²) in [5.41, 5.74) is 0. The molecule has 0 aliphatic heterocycles. The molecule has 0 aromatic carbocycles. The molecular formula is C10H23NO2S. The van der Waals surface area contributed by atoms with Crippen molar-refractivity contribution in [3.63, 3.8) is 0 Å². The zero-order valence-electron chi connectivity index (χ0n) is 9.45. The summed E-state index contributed by atoms with van der Waals surface area (Å²) in [5.74, 6) is 2.12. The van der Waals surface area contributed by atoms with Crippen molar-refractivity contribution in [3.05, 3.63) is 0 Å². The van der Waals surface area contributed by atoms with Gasteiger partial charge in [0.1, 0.15) is 0 Å². The fraction of sp³-hybridized carbons (Fsp3) is 1.00. The van der Waals surface area contributed by atoms with E-state index in [9.17, 15) is 0 Å². The number of thioether (sulfide) groups is 1. The lowest BCUT2D eigenvalue weighted by molar-refractivity contribution is 0.218. The van der Waals surface area contributed by atoms with Crippen LogP contribution in [-0.2, 0) is 4.74 Å². The molecule has 14 heavy (non-hydrogen) atoms. The molecule has 0 aromatic heterocycles. The van der Waals surface area contributed by atoms with Gasteiger partial charge in [-0.15, -0.1) is 0 Å². The number of ether oxygens (including phenoxy) is 1. The van der Waals surface area contributed by atoms with Gasteiger partial charge in [-0.3, -0.25) is 0 Å². The average molecular weight is 221 g/mol. The van der Waals surface area contributed by atoms with Crippen molar-refractivity contribution in [2.24, 2.45) is 0 Å². The van der Waals surface area contributed by atoms with Crippen LogP contribution in [0.25, 0.3) is 0 Å². The number of hydrogen-bond donors (Lipinski definition) is 2. The van der Waals surface area contributed by atoms with E-state index in [0.29, 0.717) is 6.04 Å². The topological polar surface area (TPSA) is 41.5 Å². The summed E-state index contributed by atoms with van der Waals surface area (Å²) in [7, 11) is 1.72. The van der Waals surface area contributed by atoms with Gasteiger partial charge in [-0.2, -0.15) is 11.8 Å². The molecule has 2 N–H and O–H groups in total. The zero-order valence-corrected chi connectivity index (χ0v) is 10.3. The van der Waals surface area contributed by atoms with Gasteiger partial charge in [-0.25, -0.2) is 0 Å². The van der Waals surface area contributed by atoms with Crippen molar-refractivity contribution in [1.82, 2.24) is 5.32 Å². The summed E-state index contributed by atoms with van der Waals surface area (Å²) < 4.78 is 4.95. The van der Waals surface area contributed by atoms with Gasteiger partial charge in [0.25, 0.3) is 0 Å². The zero-order chi connectivity index (χ0) is 10.8. The Hall–Kier alpha value is 0.230. The van der Waals surface area contributed by atoms with Crippen molar-refractivity contribution in [2.45, 2.75) is 32.4 Å². The Morgan fingerprint density at radius 3 is 2.57 bits per heavy atom. The van der Waals surface area contributed by atoms with Gasteiger partial charge in [-0.05, 0) is 12.2 Å². The highest BCUT2D eigenvalue weighted by Gasteiger charge is 2.07. The lowest BCUT2D eigenvalue weighted by atomic mass is 10.2. The van der Waals surface area contributed by atoms with Crippen molar-refractivity contribution >= 4 is 11.8 Å². The highest BCUT2D eigenvalue weighted by Crippen LogP contribution is 2.05. The van der Waals surface area contributed by atoms with Gasteiger partial charge in [-0.1, -0.05) is 13.8 Å². The third-order valence-electron chi connectivity index (χ3n) is 1.83. The molecule has 0 saturated carbocycles. The Bertz CT molecular complexity index is 123. The fourth-order valence-electron chi connectivity index (χ4n) is 1.17. The minimum absolute atomic E-state index is 0.225. The van der Waals surface area contributed by atoms with Crippen LogP contribution in [0.3, 0.4) is 0 Å². The molecule has 0 radical (unpaired) electrons. The second-order valence-electron chi connectivity index (χ2n) is 3.59. The highest BCUT2D eigenvalue weighted by molar-refractivity contribution is 7.99. The third-order valence-corrected chi connectivity index (χ3v) is 2.81. The first kappa shape index (κ1) is 14.2. The molecule has 0 bridgehead atoms. The van der Waals surface area contributed by atoms with Crippen LogP contribution >= 0.6 is 11.8 Å². The molecule has 0 aliphatic carbocycles. The number of aliphatic hydroxyl groups excluding tert-OH is 1. The van der Waals surface area contributed by atoms with Gasteiger partial charge >= 0.3 is 0 Å². The lowest BCUT2D eigenvalue weighted by Crippen LogP contribution is -2.37. The summed E-state index contributed by atoms with van der Waals surface area (Å²) in [5, 5.41) is 12.4. The maximum Gasteiger partial charge on any atom is 0.0585 e. The van der Waals surface area contributed by atoms with E-state index in [1.165, 1.54) is 0 Å². The van der Waals surface area contributed by atoms with Crippen LogP contribution in [0.2, 0.25) is 0 Å². The first-order valence-electron chi connectivity index (χ1n) is 5.14. The van der Waals surface area contributed by atoms with Crippen LogP contribution in [-0.4, -0.2) is 49.0 Å². The van der Waals surface area contributed by atoms with E-state index < -0.39 is 0 Å². The molecule has 1 unspecified atom stereocenters. The molecule has 0 aliphatic rings. The van der Waals surface area contributed by atoms with Gasteiger partial charge in [0.2, 0.25) is 0 Å². The molecule has 4 heteroatoms. The first-order chi connectivity index (χ1) is 6.70. The second-order valence-corrected chi connectivity index (χ2v) is 4.82. The van der Waals surface area contributed by atoms with Gasteiger partial charge in [0, 0.05) is 24.9 Å². The van der Waals surface area contributed by atoms with Crippen LogP contribution in [0.15, 0.2) is 0 Å². The summed E-state index contributed by atoms with van der Waals surface area (Å²) in [6.45, 7) is 5.23. The molecule has 0 fully saturated rings. The predicted octanol–water partition coefficient (Wildman–Crippen LogP) is 1.12. The van der Waals surface area contributed by atoms with Crippen LogP contribution in [0.5, 0.6) is 0 Å². The largest absolute Gasteiger partial charge is 0.395 e. The van der Waals surface area contributed by atoms with Gasteiger partial charge in [0.15, 0.2) is 0 Å². The Morgan fingerprint density at radius 1 is 1.36 bits per heavy atom. The van der Waals surface area contributed by atoms with E-state index in [2.05, 4.69) is 19.2 Å². The third kappa shape index (κ3) is 8.81. The molecule has 86 valence electrons. The van der Waals surface area contributed by atoms with Crippen LogP contribution in [0, 0.1) is 0 Å². The van der Waals surface area contributed by atoms with Crippen LogP contribution < -0.4 is 5.32 Å². The Kier molecular flexibility index (Phi) is 9.93. The molecule has 0 saturated heterocycles. The summed E-state index contributed by atoms with van der Waals surface area (Å²) in [6, 6.07) is 0.682. The van der Waals surface area contributed by atoms with E-state index in [-0.39, 0.29) is 12.6 Å². The van der Waals surface area contributed by atoms with Crippen molar-refractivity contribution in [2.75, 3.05) is 31.8 Å². The monoisotopic (exact) mass is 221 g/mol. The second kappa shape index (κ2) is 9.77. The molecule has 0 amide bonds. The summed E-state index contributed by atoms with van der Waals surface area (Å²) in [4.78, 5) is 0. The van der Waals surface area contributed by atoms with E-state index in [1.807, 2.05) is 11.8 Å². The maximum atomic E-state index is 9.08. The first-order valence-corrected chi connectivity index (χ1v) is 6.29. The summed E-state index contributed by atoms with van der Waals surface area (Å²) >= 11 is 1.87. The van der Waals surface area contributed by atoms with Crippen LogP contribution in [0.1, 0.15) is 20.3 Å².